The van der Waals surface area contributed by atoms with Crippen molar-refractivity contribution >= 4 is 11.9 Å². The van der Waals surface area contributed by atoms with Gasteiger partial charge in [0.05, 0.1) is 5.41 Å². The molecule has 0 saturated carbocycles. The molecule has 0 aliphatic carbocycles. The van der Waals surface area contributed by atoms with E-state index in [9.17, 15) is 14.7 Å². The number of amides is 1. The van der Waals surface area contributed by atoms with Crippen LogP contribution in [0.5, 0.6) is 0 Å². The fraction of sp³-hybridized carbons (Fsp3) is 0.692. The zero-order chi connectivity index (χ0) is 13.6. The molecular weight excluding hydrogens is 218 g/mol. The molecule has 0 aromatic rings. The maximum absolute atomic E-state index is 12.0. The number of nitrogens with zero attached hydrogens (tertiary/aromatic N) is 1. The van der Waals surface area contributed by atoms with Gasteiger partial charge in [0.2, 0.25) is 5.91 Å². The summed E-state index contributed by atoms with van der Waals surface area (Å²) in [5.74, 6) is -1.15. The Kier molecular flexibility index (Phi) is 5.93. The summed E-state index contributed by atoms with van der Waals surface area (Å²) in [4.78, 5) is 24.9. The number of hydrogen-bond acceptors (Lipinski definition) is 2. The topological polar surface area (TPSA) is 57.6 Å². The lowest BCUT2D eigenvalue weighted by molar-refractivity contribution is -0.155. The lowest BCUT2D eigenvalue weighted by Gasteiger charge is -2.31. The van der Waals surface area contributed by atoms with Gasteiger partial charge in [0.1, 0.15) is 0 Å². The van der Waals surface area contributed by atoms with Gasteiger partial charge in [-0.15, -0.1) is 6.58 Å². The first-order valence-electron chi connectivity index (χ1n) is 5.91. The number of carbonyl (C=O) groups is 2. The van der Waals surface area contributed by atoms with Gasteiger partial charge in [-0.25, -0.2) is 0 Å². The van der Waals surface area contributed by atoms with Crippen molar-refractivity contribution in [1.82, 2.24) is 4.90 Å². The van der Waals surface area contributed by atoms with Gasteiger partial charge in [0, 0.05) is 19.5 Å². The fourth-order valence-corrected chi connectivity index (χ4v) is 1.52. The van der Waals surface area contributed by atoms with Gasteiger partial charge in [0.15, 0.2) is 0 Å². The first-order chi connectivity index (χ1) is 7.79. The van der Waals surface area contributed by atoms with E-state index in [1.807, 2.05) is 20.8 Å². The van der Waals surface area contributed by atoms with E-state index in [-0.39, 0.29) is 18.2 Å². The monoisotopic (exact) mass is 241 g/mol. The van der Waals surface area contributed by atoms with E-state index in [2.05, 4.69) is 6.58 Å². The quantitative estimate of drug-likeness (QED) is 0.695. The van der Waals surface area contributed by atoms with E-state index < -0.39 is 11.4 Å². The number of carboxylic acid groups (broad SMARTS) is 1. The largest absolute Gasteiger partial charge is 0.481 e. The first-order valence-corrected chi connectivity index (χ1v) is 5.91. The first kappa shape index (κ1) is 15.7. The molecule has 0 aromatic heterocycles. The van der Waals surface area contributed by atoms with Gasteiger partial charge in [0.25, 0.3) is 0 Å². The number of likely N-dealkylation sites (N-methyl/N-ethyl adjacent to an activating group) is 1. The second-order valence-corrected chi connectivity index (χ2v) is 4.78. The van der Waals surface area contributed by atoms with Crippen molar-refractivity contribution in [2.75, 3.05) is 13.1 Å². The van der Waals surface area contributed by atoms with Gasteiger partial charge in [-0.3, -0.25) is 9.59 Å². The van der Waals surface area contributed by atoms with Crippen LogP contribution in [0.4, 0.5) is 0 Å². The smallest absolute Gasteiger partial charge is 0.310 e. The molecule has 1 N–H and O–H groups in total. The number of hydrogen-bond donors (Lipinski definition) is 1. The van der Waals surface area contributed by atoms with Gasteiger partial charge >= 0.3 is 5.97 Å². The molecule has 0 saturated heterocycles. The molecule has 0 radical (unpaired) electrons. The Morgan fingerprint density at radius 3 is 2.29 bits per heavy atom. The van der Waals surface area contributed by atoms with E-state index in [0.29, 0.717) is 13.1 Å². The summed E-state index contributed by atoms with van der Waals surface area (Å²) in [5, 5.41) is 9.25. The van der Waals surface area contributed by atoms with E-state index >= 15 is 0 Å². The summed E-state index contributed by atoms with van der Waals surface area (Å²) < 4.78 is 0. The average molecular weight is 241 g/mol. The van der Waals surface area contributed by atoms with Crippen LogP contribution in [0.15, 0.2) is 12.7 Å². The minimum absolute atomic E-state index is 0.0294. The third-order valence-corrected chi connectivity index (χ3v) is 3.37. The molecule has 4 nitrogen and oxygen atoms in total. The van der Waals surface area contributed by atoms with E-state index in [4.69, 9.17) is 0 Å². The minimum Gasteiger partial charge on any atom is -0.481 e. The molecule has 1 atom stereocenters. The molecule has 1 amide bonds. The number of carboxylic acids is 1. The highest BCUT2D eigenvalue weighted by molar-refractivity contribution is 5.85. The van der Waals surface area contributed by atoms with Crippen LogP contribution >= 0.6 is 0 Å². The molecule has 0 aromatic carbocycles. The van der Waals surface area contributed by atoms with Crippen molar-refractivity contribution < 1.29 is 14.7 Å². The van der Waals surface area contributed by atoms with Gasteiger partial charge in [-0.2, -0.15) is 0 Å². The van der Waals surface area contributed by atoms with Crippen LogP contribution in [0, 0.1) is 11.3 Å². The van der Waals surface area contributed by atoms with Gasteiger partial charge in [-0.05, 0) is 19.8 Å². The standard InChI is InChI=1S/C13H23NO3/c1-6-8-14(7-2)11(15)9-13(5,10(3)4)12(16)17/h6,10H,1,7-9H2,2-5H3,(H,16,17). The Bertz CT molecular complexity index is 299. The van der Waals surface area contributed by atoms with Gasteiger partial charge in [-0.1, -0.05) is 19.9 Å². The van der Waals surface area contributed by atoms with Crippen molar-refractivity contribution in [3.05, 3.63) is 12.7 Å². The Morgan fingerprint density at radius 2 is 2.00 bits per heavy atom. The molecule has 0 heterocycles. The van der Waals surface area contributed by atoms with E-state index in [0.717, 1.165) is 0 Å². The highest BCUT2D eigenvalue weighted by Gasteiger charge is 2.39. The van der Waals surface area contributed by atoms with Crippen molar-refractivity contribution in [2.45, 2.75) is 34.1 Å². The molecule has 0 rings (SSSR count). The van der Waals surface area contributed by atoms with Crippen LogP contribution in [-0.2, 0) is 9.59 Å². The molecule has 0 aliphatic heterocycles. The molecule has 0 fully saturated rings. The number of carbonyl (C=O) groups excluding carboxylic acids is 1. The molecule has 0 spiro atoms. The Morgan fingerprint density at radius 1 is 1.47 bits per heavy atom. The third-order valence-electron chi connectivity index (χ3n) is 3.37. The van der Waals surface area contributed by atoms with Crippen LogP contribution in [0.2, 0.25) is 0 Å². The average Bonchev–Trinajstić information content (AvgIpc) is 2.24. The molecule has 0 bridgehead atoms. The zero-order valence-corrected chi connectivity index (χ0v) is 11.2. The van der Waals surface area contributed by atoms with Crippen LogP contribution in [0.3, 0.4) is 0 Å². The van der Waals surface area contributed by atoms with Crippen LogP contribution in [-0.4, -0.2) is 35.0 Å². The number of aliphatic carboxylic acids is 1. The predicted molar refractivity (Wildman–Crippen MR) is 67.6 cm³/mol. The third kappa shape index (κ3) is 3.88. The summed E-state index contributed by atoms with van der Waals surface area (Å²) in [6, 6.07) is 0. The molecule has 98 valence electrons. The van der Waals surface area contributed by atoms with Gasteiger partial charge < -0.3 is 10.0 Å². The Balaban J connectivity index is 4.83. The molecule has 4 heteroatoms. The fourth-order valence-electron chi connectivity index (χ4n) is 1.52. The highest BCUT2D eigenvalue weighted by atomic mass is 16.4. The highest BCUT2D eigenvalue weighted by Crippen LogP contribution is 2.32. The minimum atomic E-state index is -1.01. The maximum Gasteiger partial charge on any atom is 0.310 e. The summed E-state index contributed by atoms with van der Waals surface area (Å²) in [6.07, 6.45) is 1.68. The maximum atomic E-state index is 12.0. The summed E-state index contributed by atoms with van der Waals surface area (Å²) in [5.41, 5.74) is -1.01. The van der Waals surface area contributed by atoms with Crippen LogP contribution in [0.1, 0.15) is 34.1 Å². The van der Waals surface area contributed by atoms with Crippen LogP contribution in [0.25, 0.3) is 0 Å². The normalized spacial score (nSPS) is 14.2. The SMILES string of the molecule is C=CCN(CC)C(=O)CC(C)(C(=O)O)C(C)C. The summed E-state index contributed by atoms with van der Waals surface area (Å²) in [6.45, 7) is 11.8. The van der Waals surface area contributed by atoms with Crippen molar-refractivity contribution in [1.29, 1.82) is 0 Å². The lowest BCUT2D eigenvalue weighted by Crippen LogP contribution is -2.41. The van der Waals surface area contributed by atoms with Crippen molar-refractivity contribution in [3.63, 3.8) is 0 Å². The Hall–Kier alpha value is -1.32. The predicted octanol–water partition coefficient (Wildman–Crippen LogP) is 2.16. The zero-order valence-electron chi connectivity index (χ0n) is 11.2. The second-order valence-electron chi connectivity index (χ2n) is 4.78. The molecule has 1 unspecified atom stereocenters. The second kappa shape index (κ2) is 6.42. The number of rotatable bonds is 7. The molecular formula is C13H23NO3. The Labute approximate surface area is 103 Å². The molecule has 0 aliphatic rings. The van der Waals surface area contributed by atoms with E-state index in [1.54, 1.807) is 17.9 Å². The van der Waals surface area contributed by atoms with Crippen LogP contribution < -0.4 is 0 Å². The summed E-state index contributed by atoms with van der Waals surface area (Å²) in [7, 11) is 0. The molecule has 17 heavy (non-hydrogen) atoms. The lowest BCUT2D eigenvalue weighted by atomic mass is 9.76. The van der Waals surface area contributed by atoms with Crippen molar-refractivity contribution in [2.24, 2.45) is 11.3 Å². The van der Waals surface area contributed by atoms with E-state index in [1.165, 1.54) is 0 Å². The summed E-state index contributed by atoms with van der Waals surface area (Å²) >= 11 is 0. The van der Waals surface area contributed by atoms with Crippen molar-refractivity contribution in [3.8, 4) is 0 Å².